The Labute approximate surface area is 144 Å². The van der Waals surface area contributed by atoms with E-state index in [9.17, 15) is 14.4 Å². The molecular weight excluding hydrogens is 318 g/mol. The van der Waals surface area contributed by atoms with Crippen LogP contribution in [0, 0.1) is 0 Å². The first-order valence-electron chi connectivity index (χ1n) is 8.17. The van der Waals surface area contributed by atoms with Gasteiger partial charge in [-0.05, 0) is 41.3 Å². The maximum Gasteiger partial charge on any atom is 0.255 e. The van der Waals surface area contributed by atoms with E-state index in [0.717, 1.165) is 16.7 Å². The number of carbonyl (C=O) groups is 3. The first-order chi connectivity index (χ1) is 12.0. The number of hydrogen-bond donors (Lipinski definition) is 2. The number of nitrogens with two attached hydrogens (primary N) is 1. The molecule has 0 saturated carbocycles. The molecule has 0 aromatic heterocycles. The van der Waals surface area contributed by atoms with Gasteiger partial charge in [0.25, 0.3) is 5.91 Å². The predicted octanol–water partition coefficient (Wildman–Crippen LogP) is 1.70. The highest BCUT2D eigenvalue weighted by Crippen LogP contribution is 2.35. The molecule has 126 valence electrons. The summed E-state index contributed by atoms with van der Waals surface area (Å²) >= 11 is 0. The molecule has 1 fully saturated rings. The molecule has 0 radical (unpaired) electrons. The summed E-state index contributed by atoms with van der Waals surface area (Å²) in [5.41, 5.74) is 9.91. The highest BCUT2D eigenvalue weighted by Gasteiger charge is 2.39. The van der Waals surface area contributed by atoms with Crippen LogP contribution < -0.4 is 11.1 Å². The topological polar surface area (TPSA) is 92.5 Å². The molecule has 0 spiro atoms. The van der Waals surface area contributed by atoms with E-state index in [-0.39, 0.29) is 18.2 Å². The van der Waals surface area contributed by atoms with Crippen molar-refractivity contribution in [1.29, 1.82) is 0 Å². The number of anilines is 1. The third-order valence-electron chi connectivity index (χ3n) is 4.78. The second-order valence-corrected chi connectivity index (χ2v) is 6.36. The fourth-order valence-corrected chi connectivity index (χ4v) is 3.56. The van der Waals surface area contributed by atoms with Gasteiger partial charge in [0.15, 0.2) is 0 Å². The monoisotopic (exact) mass is 335 g/mol. The van der Waals surface area contributed by atoms with Crippen molar-refractivity contribution in [2.75, 3.05) is 5.73 Å². The molecule has 0 bridgehead atoms. The lowest BCUT2D eigenvalue weighted by Gasteiger charge is -2.29. The lowest BCUT2D eigenvalue weighted by molar-refractivity contribution is -0.136. The molecule has 2 aromatic rings. The standard InChI is InChI=1S/C19H17N3O3/c20-12-4-1-3-11(9-12)13-5-2-6-14-15(13)10-22(19(14)25)16-7-8-17(23)21-18(16)24/h1-6,9,16H,7-8,10,20H2,(H,21,23,24). The zero-order valence-corrected chi connectivity index (χ0v) is 13.5. The van der Waals surface area contributed by atoms with Crippen molar-refractivity contribution in [2.24, 2.45) is 0 Å². The van der Waals surface area contributed by atoms with E-state index in [1.165, 1.54) is 0 Å². The van der Waals surface area contributed by atoms with Crippen molar-refractivity contribution < 1.29 is 14.4 Å². The zero-order valence-electron chi connectivity index (χ0n) is 13.5. The van der Waals surface area contributed by atoms with Crippen LogP contribution >= 0.6 is 0 Å². The van der Waals surface area contributed by atoms with Gasteiger partial charge in [0.2, 0.25) is 11.8 Å². The van der Waals surface area contributed by atoms with Gasteiger partial charge >= 0.3 is 0 Å². The number of nitrogens with zero attached hydrogens (tertiary/aromatic N) is 1. The largest absolute Gasteiger partial charge is 0.399 e. The summed E-state index contributed by atoms with van der Waals surface area (Å²) in [5, 5.41) is 2.32. The molecule has 2 heterocycles. The van der Waals surface area contributed by atoms with Crippen molar-refractivity contribution in [3.63, 3.8) is 0 Å². The van der Waals surface area contributed by atoms with Gasteiger partial charge in [0.05, 0.1) is 0 Å². The lowest BCUT2D eigenvalue weighted by Crippen LogP contribution is -2.52. The number of nitrogen functional groups attached to an aromatic ring is 1. The Hall–Kier alpha value is -3.15. The number of imide groups is 1. The predicted molar refractivity (Wildman–Crippen MR) is 92.3 cm³/mol. The van der Waals surface area contributed by atoms with Gasteiger partial charge in [0, 0.05) is 24.2 Å². The first kappa shape index (κ1) is 15.4. The summed E-state index contributed by atoms with van der Waals surface area (Å²) in [6, 6.07) is 12.5. The van der Waals surface area contributed by atoms with Gasteiger partial charge in [-0.3, -0.25) is 19.7 Å². The number of piperidine rings is 1. The number of hydrogen-bond acceptors (Lipinski definition) is 4. The van der Waals surface area contributed by atoms with Gasteiger partial charge in [-0.2, -0.15) is 0 Å². The molecule has 0 aliphatic carbocycles. The number of carbonyl (C=O) groups excluding carboxylic acids is 3. The van der Waals surface area contributed by atoms with Crippen LogP contribution in [0.15, 0.2) is 42.5 Å². The molecule has 6 nitrogen and oxygen atoms in total. The fraction of sp³-hybridized carbons (Fsp3) is 0.211. The van der Waals surface area contributed by atoms with Gasteiger partial charge in [-0.1, -0.05) is 24.3 Å². The number of fused-ring (bicyclic) bond motifs is 1. The highest BCUT2D eigenvalue weighted by atomic mass is 16.2. The lowest BCUT2D eigenvalue weighted by atomic mass is 9.97. The second-order valence-electron chi connectivity index (χ2n) is 6.36. The van der Waals surface area contributed by atoms with E-state index in [1.54, 1.807) is 11.0 Å². The Kier molecular flexibility index (Phi) is 3.53. The third kappa shape index (κ3) is 2.55. The minimum Gasteiger partial charge on any atom is -0.399 e. The van der Waals surface area contributed by atoms with Crippen molar-refractivity contribution in [1.82, 2.24) is 10.2 Å². The Bertz CT molecular complexity index is 907. The smallest absolute Gasteiger partial charge is 0.255 e. The minimum atomic E-state index is -0.605. The number of benzene rings is 2. The molecule has 3 N–H and O–H groups in total. The van der Waals surface area contributed by atoms with E-state index < -0.39 is 11.9 Å². The normalized spacial score (nSPS) is 19.8. The van der Waals surface area contributed by atoms with Crippen molar-refractivity contribution in [3.8, 4) is 11.1 Å². The first-order valence-corrected chi connectivity index (χ1v) is 8.17. The molecule has 2 aliphatic heterocycles. The summed E-state index contributed by atoms with van der Waals surface area (Å²) in [5.74, 6) is -0.857. The molecule has 25 heavy (non-hydrogen) atoms. The van der Waals surface area contributed by atoms with E-state index in [1.807, 2.05) is 36.4 Å². The Balaban J connectivity index is 1.71. The van der Waals surface area contributed by atoms with Crippen LogP contribution in [0.2, 0.25) is 0 Å². The maximum absolute atomic E-state index is 12.8. The molecular formula is C19H17N3O3. The average molecular weight is 335 g/mol. The minimum absolute atomic E-state index is 0.171. The summed E-state index contributed by atoms with van der Waals surface area (Å²) in [7, 11) is 0. The third-order valence-corrected chi connectivity index (χ3v) is 4.78. The van der Waals surface area contributed by atoms with Crippen LogP contribution in [0.4, 0.5) is 5.69 Å². The maximum atomic E-state index is 12.8. The fourth-order valence-electron chi connectivity index (χ4n) is 3.56. The summed E-state index contributed by atoms with van der Waals surface area (Å²) < 4.78 is 0. The molecule has 1 atom stereocenters. The second kappa shape index (κ2) is 5.73. The van der Waals surface area contributed by atoms with Crippen LogP contribution in [0.5, 0.6) is 0 Å². The van der Waals surface area contributed by atoms with Gasteiger partial charge in [-0.15, -0.1) is 0 Å². The Morgan fingerprint density at radius 1 is 1.04 bits per heavy atom. The van der Waals surface area contributed by atoms with Crippen molar-refractivity contribution in [2.45, 2.75) is 25.4 Å². The molecule has 4 rings (SSSR count). The summed E-state index contributed by atoms with van der Waals surface area (Å²) in [6.07, 6.45) is 0.608. The SMILES string of the molecule is Nc1cccc(-c2cccc3c2CN(C2CCC(=O)NC2=O)C3=O)c1. The van der Waals surface area contributed by atoms with Gasteiger partial charge < -0.3 is 10.6 Å². The molecule has 3 amide bonds. The summed E-state index contributed by atoms with van der Waals surface area (Å²) in [6.45, 7) is 0.353. The molecule has 1 saturated heterocycles. The van der Waals surface area contributed by atoms with Crippen molar-refractivity contribution in [3.05, 3.63) is 53.6 Å². The van der Waals surface area contributed by atoms with Crippen LogP contribution in [-0.2, 0) is 16.1 Å². The molecule has 6 heteroatoms. The highest BCUT2D eigenvalue weighted by molar-refractivity contribution is 6.06. The van der Waals surface area contributed by atoms with Crippen LogP contribution in [0.1, 0.15) is 28.8 Å². The number of amides is 3. The van der Waals surface area contributed by atoms with E-state index in [4.69, 9.17) is 5.73 Å². The molecule has 2 aliphatic rings. The Morgan fingerprint density at radius 3 is 2.56 bits per heavy atom. The average Bonchev–Trinajstić information content (AvgIpc) is 2.92. The van der Waals surface area contributed by atoms with Gasteiger partial charge in [-0.25, -0.2) is 0 Å². The van der Waals surface area contributed by atoms with Crippen molar-refractivity contribution >= 4 is 23.4 Å². The molecule has 1 unspecified atom stereocenters. The van der Waals surface area contributed by atoms with E-state index in [2.05, 4.69) is 5.32 Å². The van der Waals surface area contributed by atoms with Crippen LogP contribution in [0.25, 0.3) is 11.1 Å². The number of rotatable bonds is 2. The van der Waals surface area contributed by atoms with Crippen LogP contribution in [-0.4, -0.2) is 28.7 Å². The van der Waals surface area contributed by atoms with E-state index >= 15 is 0 Å². The number of nitrogens with one attached hydrogen (secondary N) is 1. The van der Waals surface area contributed by atoms with E-state index in [0.29, 0.717) is 24.2 Å². The summed E-state index contributed by atoms with van der Waals surface area (Å²) in [4.78, 5) is 37.9. The van der Waals surface area contributed by atoms with Crippen LogP contribution in [0.3, 0.4) is 0 Å². The zero-order chi connectivity index (χ0) is 17.6. The van der Waals surface area contributed by atoms with Gasteiger partial charge in [0.1, 0.15) is 6.04 Å². The Morgan fingerprint density at radius 2 is 1.80 bits per heavy atom. The molecule has 2 aromatic carbocycles. The quantitative estimate of drug-likeness (QED) is 0.645.